The van der Waals surface area contributed by atoms with Gasteiger partial charge in [-0.2, -0.15) is 18.3 Å². The van der Waals surface area contributed by atoms with Gasteiger partial charge in [0.15, 0.2) is 5.69 Å². The Hall–Kier alpha value is -3.33. The van der Waals surface area contributed by atoms with Crippen molar-refractivity contribution in [2.24, 2.45) is 0 Å². The molecule has 1 aromatic heterocycles. The minimum Gasteiger partial charge on any atom is -0.465 e. The highest BCUT2D eigenvalue weighted by Crippen LogP contribution is 2.34. The Morgan fingerprint density at radius 1 is 1.14 bits per heavy atom. The van der Waals surface area contributed by atoms with Crippen LogP contribution in [0.25, 0.3) is 5.69 Å². The molecule has 0 bridgehead atoms. The van der Waals surface area contributed by atoms with E-state index >= 15 is 0 Å². The summed E-state index contributed by atoms with van der Waals surface area (Å²) in [6, 6.07) is 11.3. The second kappa shape index (κ2) is 7.96. The van der Waals surface area contributed by atoms with Crippen LogP contribution in [0.2, 0.25) is 5.02 Å². The normalized spacial score (nSPS) is 11.2. The second-order valence-electron chi connectivity index (χ2n) is 5.82. The summed E-state index contributed by atoms with van der Waals surface area (Å²) < 4.78 is 46.3. The number of nitrogens with zero attached hydrogens (tertiary/aromatic N) is 2. The number of esters is 1. The molecule has 6 nitrogen and oxygen atoms in total. The van der Waals surface area contributed by atoms with Crippen molar-refractivity contribution in [1.82, 2.24) is 9.78 Å². The third kappa shape index (κ3) is 4.40. The van der Waals surface area contributed by atoms with Crippen LogP contribution in [0.15, 0.2) is 54.7 Å². The molecule has 0 aliphatic heterocycles. The van der Waals surface area contributed by atoms with Gasteiger partial charge in [-0.25, -0.2) is 9.48 Å². The quantitative estimate of drug-likeness (QED) is 0.623. The van der Waals surface area contributed by atoms with Gasteiger partial charge in [-0.3, -0.25) is 4.79 Å². The van der Waals surface area contributed by atoms with Gasteiger partial charge in [0.1, 0.15) is 0 Å². The van der Waals surface area contributed by atoms with Crippen LogP contribution in [0, 0.1) is 0 Å². The standard InChI is InChI=1S/C19H13ClF3N3O3/c1-29-18(28)11-4-2-6-13(8-11)25-17(27)15-10-24-26(16(15)19(21,22)23)14-7-3-5-12(20)9-14/h2-10H,1H3,(H,25,27). The molecular formula is C19H13ClF3N3O3. The molecule has 0 fully saturated rings. The number of ether oxygens (including phenoxy) is 1. The van der Waals surface area contributed by atoms with Crippen molar-refractivity contribution in [3.8, 4) is 5.69 Å². The molecule has 3 rings (SSSR count). The Morgan fingerprint density at radius 2 is 1.86 bits per heavy atom. The summed E-state index contributed by atoms with van der Waals surface area (Å²) in [7, 11) is 1.19. The van der Waals surface area contributed by atoms with Crippen LogP contribution in [0.5, 0.6) is 0 Å². The molecular weight excluding hydrogens is 411 g/mol. The number of nitrogens with one attached hydrogen (secondary N) is 1. The number of halogens is 4. The van der Waals surface area contributed by atoms with Crippen LogP contribution in [0.4, 0.5) is 18.9 Å². The second-order valence-corrected chi connectivity index (χ2v) is 6.26. The number of hydrogen-bond acceptors (Lipinski definition) is 4. The van der Waals surface area contributed by atoms with E-state index in [0.29, 0.717) is 4.68 Å². The van der Waals surface area contributed by atoms with Crippen molar-refractivity contribution in [3.05, 3.63) is 76.6 Å². The van der Waals surface area contributed by atoms with E-state index in [9.17, 15) is 22.8 Å². The summed E-state index contributed by atoms with van der Waals surface area (Å²) in [6.07, 6.45) is -4.04. The Balaban J connectivity index is 1.99. The summed E-state index contributed by atoms with van der Waals surface area (Å²) in [4.78, 5) is 24.1. The van der Waals surface area contributed by atoms with Crippen molar-refractivity contribution in [2.45, 2.75) is 6.18 Å². The maximum atomic E-state index is 13.7. The van der Waals surface area contributed by atoms with Gasteiger partial charge in [0, 0.05) is 10.7 Å². The van der Waals surface area contributed by atoms with Crippen molar-refractivity contribution in [2.75, 3.05) is 12.4 Å². The van der Waals surface area contributed by atoms with Gasteiger partial charge in [0.2, 0.25) is 0 Å². The van der Waals surface area contributed by atoms with E-state index in [1.807, 2.05) is 0 Å². The Kier molecular flexibility index (Phi) is 5.60. The number of carbonyl (C=O) groups is 2. The Bertz CT molecular complexity index is 1080. The zero-order chi connectivity index (χ0) is 21.2. The fraction of sp³-hybridized carbons (Fsp3) is 0.105. The molecule has 0 atom stereocenters. The first-order chi connectivity index (χ1) is 13.7. The molecule has 0 radical (unpaired) electrons. The zero-order valence-corrected chi connectivity index (χ0v) is 15.6. The first-order valence-corrected chi connectivity index (χ1v) is 8.49. The molecule has 3 aromatic rings. The van der Waals surface area contributed by atoms with Crippen LogP contribution in [0.1, 0.15) is 26.4 Å². The van der Waals surface area contributed by atoms with Crippen molar-refractivity contribution in [1.29, 1.82) is 0 Å². The summed E-state index contributed by atoms with van der Waals surface area (Å²) in [5.74, 6) is -1.68. The highest BCUT2D eigenvalue weighted by molar-refractivity contribution is 6.30. The van der Waals surface area contributed by atoms with Crippen molar-refractivity contribution >= 4 is 29.2 Å². The molecule has 0 aliphatic carbocycles. The predicted octanol–water partition coefficient (Wildman–Crippen LogP) is 4.58. The van der Waals surface area contributed by atoms with Gasteiger partial charge in [-0.05, 0) is 36.4 Å². The number of benzene rings is 2. The summed E-state index contributed by atoms with van der Waals surface area (Å²) in [5, 5.41) is 6.28. The van der Waals surface area contributed by atoms with Crippen molar-refractivity contribution < 1.29 is 27.5 Å². The first kappa shape index (κ1) is 20.4. The third-order valence-electron chi connectivity index (χ3n) is 3.88. The molecule has 0 saturated carbocycles. The van der Waals surface area contributed by atoms with E-state index in [-0.39, 0.29) is 22.0 Å². The monoisotopic (exact) mass is 423 g/mol. The van der Waals surface area contributed by atoms with Gasteiger partial charge < -0.3 is 10.1 Å². The molecule has 1 amide bonds. The van der Waals surface area contributed by atoms with Gasteiger partial charge in [0.25, 0.3) is 5.91 Å². The SMILES string of the molecule is COC(=O)c1cccc(NC(=O)c2cnn(-c3cccc(Cl)c3)c2C(F)(F)F)c1. The average molecular weight is 424 g/mol. The van der Waals surface area contributed by atoms with Crippen LogP contribution < -0.4 is 5.32 Å². The number of carbonyl (C=O) groups excluding carboxylic acids is 2. The zero-order valence-electron chi connectivity index (χ0n) is 14.8. The molecule has 150 valence electrons. The van der Waals surface area contributed by atoms with Crippen molar-refractivity contribution in [3.63, 3.8) is 0 Å². The number of anilines is 1. The van der Waals surface area contributed by atoms with Gasteiger partial charge in [-0.1, -0.05) is 23.7 Å². The first-order valence-electron chi connectivity index (χ1n) is 8.11. The number of hydrogen-bond donors (Lipinski definition) is 1. The van der Waals surface area contributed by atoms with E-state index < -0.39 is 29.3 Å². The molecule has 0 aliphatic rings. The summed E-state index contributed by atoms with van der Waals surface area (Å²) in [6.45, 7) is 0. The third-order valence-corrected chi connectivity index (χ3v) is 4.11. The highest BCUT2D eigenvalue weighted by atomic mass is 35.5. The lowest BCUT2D eigenvalue weighted by Crippen LogP contribution is -2.20. The maximum Gasteiger partial charge on any atom is 0.434 e. The van der Waals surface area contributed by atoms with E-state index in [2.05, 4.69) is 15.2 Å². The van der Waals surface area contributed by atoms with Gasteiger partial charge >= 0.3 is 12.1 Å². The fourth-order valence-electron chi connectivity index (χ4n) is 2.63. The maximum absolute atomic E-state index is 13.7. The fourth-order valence-corrected chi connectivity index (χ4v) is 2.82. The van der Waals surface area contributed by atoms with E-state index in [0.717, 1.165) is 6.20 Å². The Morgan fingerprint density at radius 3 is 2.52 bits per heavy atom. The highest BCUT2D eigenvalue weighted by Gasteiger charge is 2.40. The van der Waals surface area contributed by atoms with Crippen LogP contribution in [-0.4, -0.2) is 28.8 Å². The number of methoxy groups -OCH3 is 1. The average Bonchev–Trinajstić information content (AvgIpc) is 3.13. The van der Waals surface area contributed by atoms with Crippen LogP contribution in [-0.2, 0) is 10.9 Å². The molecule has 0 unspecified atom stereocenters. The number of aromatic nitrogens is 2. The molecule has 0 saturated heterocycles. The van der Waals surface area contributed by atoms with E-state index in [1.54, 1.807) is 0 Å². The summed E-state index contributed by atoms with van der Waals surface area (Å²) >= 11 is 5.85. The lowest BCUT2D eigenvalue weighted by atomic mass is 10.1. The largest absolute Gasteiger partial charge is 0.465 e. The van der Waals surface area contributed by atoms with Gasteiger partial charge in [0.05, 0.1) is 30.1 Å². The molecule has 29 heavy (non-hydrogen) atoms. The summed E-state index contributed by atoms with van der Waals surface area (Å²) in [5.41, 5.74) is -1.61. The number of amides is 1. The lowest BCUT2D eigenvalue weighted by Gasteiger charge is -2.13. The molecule has 1 N–H and O–H groups in total. The Labute approximate surface area is 167 Å². The number of rotatable bonds is 4. The topological polar surface area (TPSA) is 73.2 Å². The van der Waals surface area contributed by atoms with E-state index in [4.69, 9.17) is 11.6 Å². The number of alkyl halides is 3. The molecule has 10 heteroatoms. The minimum absolute atomic E-state index is 0.0524. The van der Waals surface area contributed by atoms with E-state index in [1.165, 1.54) is 55.6 Å². The van der Waals surface area contributed by atoms with Crippen LogP contribution >= 0.6 is 11.6 Å². The van der Waals surface area contributed by atoms with Crippen LogP contribution in [0.3, 0.4) is 0 Å². The van der Waals surface area contributed by atoms with Gasteiger partial charge in [-0.15, -0.1) is 0 Å². The lowest BCUT2D eigenvalue weighted by molar-refractivity contribution is -0.143. The molecule has 1 heterocycles. The molecule has 2 aromatic carbocycles. The predicted molar refractivity (Wildman–Crippen MR) is 99.3 cm³/mol. The minimum atomic E-state index is -4.86. The smallest absolute Gasteiger partial charge is 0.434 e. The molecule has 0 spiro atoms.